The lowest BCUT2D eigenvalue weighted by Gasteiger charge is -2.14. The zero-order valence-corrected chi connectivity index (χ0v) is 18.6. The van der Waals surface area contributed by atoms with Crippen molar-refractivity contribution in [1.82, 2.24) is 0 Å². The Bertz CT molecular complexity index is 1010. The number of nitrogens with zero attached hydrogens (tertiary/aromatic N) is 2. The fraction of sp³-hybridized carbons (Fsp3) is 0.400. The molecule has 0 saturated heterocycles. The SMILES string of the molecule is CC(C)CON=C[C@H]1[C@@H](C(=O)OC(C#N)c2ccc(F)c(Oc3ccccc3)c2)C1(C)C. The molecule has 0 bridgehead atoms. The van der Waals surface area contributed by atoms with Gasteiger partial charge in [0.05, 0.1) is 5.92 Å². The zero-order chi connectivity index (χ0) is 23.3. The van der Waals surface area contributed by atoms with Crippen molar-refractivity contribution in [2.45, 2.75) is 33.8 Å². The third-order valence-corrected chi connectivity index (χ3v) is 5.45. The Kier molecular flexibility index (Phi) is 7.14. The molecule has 3 rings (SSSR count). The Hall–Kier alpha value is -3.40. The third kappa shape index (κ3) is 5.44. The van der Waals surface area contributed by atoms with Crippen molar-refractivity contribution in [2.24, 2.45) is 28.3 Å². The molecular weight excluding hydrogens is 411 g/mol. The second-order valence-corrected chi connectivity index (χ2v) is 8.82. The summed E-state index contributed by atoms with van der Waals surface area (Å²) in [7, 11) is 0. The van der Waals surface area contributed by atoms with E-state index in [1.54, 1.807) is 30.5 Å². The highest BCUT2D eigenvalue weighted by Crippen LogP contribution is 2.58. The molecule has 1 saturated carbocycles. The summed E-state index contributed by atoms with van der Waals surface area (Å²) >= 11 is 0. The van der Waals surface area contributed by atoms with Crippen LogP contribution in [-0.2, 0) is 14.4 Å². The highest BCUT2D eigenvalue weighted by atomic mass is 19.1. The van der Waals surface area contributed by atoms with E-state index in [2.05, 4.69) is 5.16 Å². The molecule has 32 heavy (non-hydrogen) atoms. The average Bonchev–Trinajstić information content (AvgIpc) is 3.32. The zero-order valence-electron chi connectivity index (χ0n) is 18.6. The fourth-order valence-corrected chi connectivity index (χ4v) is 3.44. The van der Waals surface area contributed by atoms with Gasteiger partial charge in [-0.05, 0) is 35.6 Å². The van der Waals surface area contributed by atoms with Crippen LogP contribution in [-0.4, -0.2) is 18.8 Å². The first-order valence-corrected chi connectivity index (χ1v) is 10.5. The van der Waals surface area contributed by atoms with Gasteiger partial charge in [0.15, 0.2) is 11.6 Å². The lowest BCUT2D eigenvalue weighted by molar-refractivity contribution is -0.149. The fourth-order valence-electron chi connectivity index (χ4n) is 3.44. The molecule has 2 aromatic rings. The van der Waals surface area contributed by atoms with Gasteiger partial charge >= 0.3 is 5.97 Å². The van der Waals surface area contributed by atoms with Crippen LogP contribution in [0.4, 0.5) is 4.39 Å². The quantitative estimate of drug-likeness (QED) is 0.287. The van der Waals surface area contributed by atoms with Crippen LogP contribution >= 0.6 is 0 Å². The summed E-state index contributed by atoms with van der Waals surface area (Å²) in [4.78, 5) is 18.0. The second kappa shape index (κ2) is 9.82. The Morgan fingerprint density at radius 2 is 1.97 bits per heavy atom. The first-order chi connectivity index (χ1) is 15.2. The van der Waals surface area contributed by atoms with Gasteiger partial charge in [0.2, 0.25) is 6.10 Å². The first kappa shape index (κ1) is 23.3. The van der Waals surface area contributed by atoms with E-state index in [0.29, 0.717) is 23.8 Å². The molecule has 0 heterocycles. The number of rotatable bonds is 9. The largest absolute Gasteiger partial charge is 0.454 e. The highest BCUT2D eigenvalue weighted by molar-refractivity contribution is 5.85. The van der Waals surface area contributed by atoms with E-state index >= 15 is 0 Å². The maximum Gasteiger partial charge on any atom is 0.311 e. The number of esters is 1. The number of ether oxygens (including phenoxy) is 2. The van der Waals surface area contributed by atoms with Crippen molar-refractivity contribution < 1.29 is 23.5 Å². The van der Waals surface area contributed by atoms with Crippen molar-refractivity contribution >= 4 is 12.2 Å². The molecule has 3 atom stereocenters. The van der Waals surface area contributed by atoms with E-state index in [4.69, 9.17) is 14.3 Å². The number of halogens is 1. The van der Waals surface area contributed by atoms with E-state index < -0.39 is 23.8 Å². The maximum atomic E-state index is 14.2. The minimum atomic E-state index is -1.19. The summed E-state index contributed by atoms with van der Waals surface area (Å²) in [6.45, 7) is 8.40. The summed E-state index contributed by atoms with van der Waals surface area (Å²) in [5.41, 5.74) is -0.0243. The number of para-hydroxylation sites is 1. The predicted molar refractivity (Wildman–Crippen MR) is 117 cm³/mol. The van der Waals surface area contributed by atoms with Gasteiger partial charge in [-0.2, -0.15) is 5.26 Å². The van der Waals surface area contributed by atoms with E-state index in [-0.39, 0.29) is 17.1 Å². The summed E-state index contributed by atoms with van der Waals surface area (Å²) < 4.78 is 25.3. The molecule has 0 aliphatic heterocycles. The van der Waals surface area contributed by atoms with Gasteiger partial charge in [-0.3, -0.25) is 4.79 Å². The van der Waals surface area contributed by atoms with Crippen LogP contribution in [0.2, 0.25) is 0 Å². The van der Waals surface area contributed by atoms with Crippen LogP contribution in [0.5, 0.6) is 11.5 Å². The van der Waals surface area contributed by atoms with Crippen LogP contribution in [0.25, 0.3) is 0 Å². The molecule has 168 valence electrons. The lowest BCUT2D eigenvalue weighted by Crippen LogP contribution is -2.15. The summed E-state index contributed by atoms with van der Waals surface area (Å²) in [5, 5.41) is 13.6. The molecule has 0 aromatic heterocycles. The standard InChI is InChI=1S/C25H27FN2O4/c1-16(2)15-30-28-14-19-23(25(19,3)4)24(29)32-22(13-27)17-10-11-20(26)21(12-17)31-18-8-6-5-7-9-18/h5-12,14,16,19,22-23H,15H2,1-4H3/t19-,22?,23-/m0/s1. The molecule has 1 fully saturated rings. The molecule has 6 nitrogen and oxygen atoms in total. The van der Waals surface area contributed by atoms with Crippen LogP contribution < -0.4 is 4.74 Å². The van der Waals surface area contributed by atoms with E-state index in [1.807, 2.05) is 39.8 Å². The van der Waals surface area contributed by atoms with Gasteiger partial charge < -0.3 is 14.3 Å². The highest BCUT2D eigenvalue weighted by Gasteiger charge is 2.62. The summed E-state index contributed by atoms with van der Waals surface area (Å²) in [5.74, 6) is -0.919. The van der Waals surface area contributed by atoms with Gasteiger partial charge in [-0.15, -0.1) is 0 Å². The Morgan fingerprint density at radius 1 is 1.25 bits per heavy atom. The van der Waals surface area contributed by atoms with E-state index in [0.717, 1.165) is 0 Å². The normalized spacial score (nSPS) is 19.9. The molecule has 0 radical (unpaired) electrons. The molecule has 1 aliphatic rings. The van der Waals surface area contributed by atoms with Crippen molar-refractivity contribution in [3.63, 3.8) is 0 Å². The summed E-state index contributed by atoms with van der Waals surface area (Å²) in [6, 6.07) is 14.7. The van der Waals surface area contributed by atoms with Gasteiger partial charge in [-0.1, -0.05) is 57.1 Å². The lowest BCUT2D eigenvalue weighted by atomic mass is 10.1. The Labute approximate surface area is 187 Å². The smallest absolute Gasteiger partial charge is 0.311 e. The topological polar surface area (TPSA) is 80.9 Å². The average molecular weight is 438 g/mol. The van der Waals surface area contributed by atoms with Crippen LogP contribution in [0, 0.1) is 40.3 Å². The van der Waals surface area contributed by atoms with Crippen molar-refractivity contribution in [3.8, 4) is 17.6 Å². The first-order valence-electron chi connectivity index (χ1n) is 10.5. The predicted octanol–water partition coefficient (Wildman–Crippen LogP) is 5.66. The number of hydrogen-bond acceptors (Lipinski definition) is 6. The molecule has 0 amide bonds. The molecule has 1 aliphatic carbocycles. The minimum absolute atomic E-state index is 0.0518. The van der Waals surface area contributed by atoms with Crippen molar-refractivity contribution in [1.29, 1.82) is 5.26 Å². The molecule has 0 spiro atoms. The van der Waals surface area contributed by atoms with Crippen molar-refractivity contribution in [3.05, 3.63) is 59.9 Å². The Balaban J connectivity index is 1.68. The van der Waals surface area contributed by atoms with Gasteiger partial charge in [-0.25, -0.2) is 4.39 Å². The number of benzene rings is 2. The van der Waals surface area contributed by atoms with E-state index in [9.17, 15) is 14.4 Å². The van der Waals surface area contributed by atoms with Gasteiger partial charge in [0.25, 0.3) is 0 Å². The molecule has 7 heteroatoms. The third-order valence-electron chi connectivity index (χ3n) is 5.45. The number of carbonyl (C=O) groups excluding carboxylic acids is 1. The van der Waals surface area contributed by atoms with Crippen molar-refractivity contribution in [2.75, 3.05) is 6.61 Å². The van der Waals surface area contributed by atoms with Crippen LogP contribution in [0.1, 0.15) is 39.4 Å². The molecule has 2 aromatic carbocycles. The van der Waals surface area contributed by atoms with Gasteiger partial charge in [0, 0.05) is 17.7 Å². The molecule has 0 N–H and O–H groups in total. The number of hydrogen-bond donors (Lipinski definition) is 0. The van der Waals surface area contributed by atoms with Gasteiger partial charge in [0.1, 0.15) is 18.4 Å². The minimum Gasteiger partial charge on any atom is -0.454 e. The molecule has 1 unspecified atom stereocenters. The second-order valence-electron chi connectivity index (χ2n) is 8.82. The maximum absolute atomic E-state index is 14.2. The molecular formula is C25H27FN2O4. The monoisotopic (exact) mass is 438 g/mol. The Morgan fingerprint density at radius 3 is 2.62 bits per heavy atom. The number of carbonyl (C=O) groups is 1. The number of oxime groups is 1. The van der Waals surface area contributed by atoms with Crippen LogP contribution in [0.3, 0.4) is 0 Å². The van der Waals surface area contributed by atoms with Crippen LogP contribution in [0.15, 0.2) is 53.7 Å². The summed E-state index contributed by atoms with van der Waals surface area (Å²) in [6.07, 6.45) is 0.437. The van der Waals surface area contributed by atoms with E-state index in [1.165, 1.54) is 18.2 Å². The number of nitriles is 1.